The van der Waals surface area contributed by atoms with Crippen LogP contribution in [0.5, 0.6) is 0 Å². The number of hydrogen-bond acceptors (Lipinski definition) is 2. The van der Waals surface area contributed by atoms with Crippen LogP contribution in [0, 0.1) is 11.2 Å². The van der Waals surface area contributed by atoms with Gasteiger partial charge in [-0.05, 0) is 18.1 Å². The van der Waals surface area contributed by atoms with E-state index in [1.54, 1.807) is 19.2 Å². The fourth-order valence-corrected chi connectivity index (χ4v) is 1.86. The molecule has 0 saturated heterocycles. The Hall–Kier alpha value is -1.38. The number of aliphatic imine (C=N–C) groups is 1. The molecule has 1 aromatic carbocycles. The van der Waals surface area contributed by atoms with E-state index < -0.39 is 0 Å². The van der Waals surface area contributed by atoms with Crippen molar-refractivity contribution in [2.24, 2.45) is 10.4 Å². The first-order chi connectivity index (χ1) is 10.8. The van der Waals surface area contributed by atoms with Crippen molar-refractivity contribution in [2.45, 2.75) is 27.2 Å². The van der Waals surface area contributed by atoms with E-state index >= 15 is 0 Å². The zero-order valence-corrected chi connectivity index (χ0v) is 17.1. The van der Waals surface area contributed by atoms with Crippen LogP contribution in [0.3, 0.4) is 0 Å². The molecule has 0 bridgehead atoms. The van der Waals surface area contributed by atoms with E-state index in [4.69, 9.17) is 0 Å². The van der Waals surface area contributed by atoms with Crippen LogP contribution < -0.4 is 16.0 Å². The number of guanidine groups is 1. The number of carbonyl (C=O) groups is 1. The van der Waals surface area contributed by atoms with Gasteiger partial charge in [0.1, 0.15) is 5.82 Å². The minimum atomic E-state index is -0.389. The highest BCUT2D eigenvalue weighted by molar-refractivity contribution is 14.0. The van der Waals surface area contributed by atoms with Crippen molar-refractivity contribution in [2.75, 3.05) is 26.7 Å². The molecule has 3 N–H and O–H groups in total. The summed E-state index contributed by atoms with van der Waals surface area (Å²) < 4.78 is 13.5. The average molecular weight is 450 g/mol. The monoisotopic (exact) mass is 450 g/mol. The molecule has 0 aliphatic carbocycles. The molecule has 0 unspecified atom stereocenters. The highest BCUT2D eigenvalue weighted by atomic mass is 127. The van der Waals surface area contributed by atoms with Crippen molar-refractivity contribution in [3.8, 4) is 0 Å². The van der Waals surface area contributed by atoms with E-state index in [2.05, 4.69) is 20.9 Å². The Morgan fingerprint density at radius 1 is 1.08 bits per heavy atom. The van der Waals surface area contributed by atoms with Crippen LogP contribution in [0.15, 0.2) is 29.3 Å². The Kier molecular flexibility index (Phi) is 10.6. The van der Waals surface area contributed by atoms with Gasteiger partial charge < -0.3 is 16.0 Å². The van der Waals surface area contributed by atoms with Gasteiger partial charge in [-0.1, -0.05) is 39.0 Å². The second-order valence-corrected chi connectivity index (χ2v) is 6.27. The van der Waals surface area contributed by atoms with Crippen LogP contribution in [-0.4, -0.2) is 38.5 Å². The minimum Gasteiger partial charge on any atom is -0.356 e. The minimum absolute atomic E-state index is 0. The lowest BCUT2D eigenvalue weighted by atomic mass is 9.96. The molecule has 24 heavy (non-hydrogen) atoms. The van der Waals surface area contributed by atoms with Gasteiger partial charge in [-0.3, -0.25) is 9.79 Å². The standard InChI is InChI=1S/C17H27FN4O.HI/c1-17(2,3)15(23)20-11-12-22-16(19-4)21-10-9-13-7-5-6-8-14(13)18;/h5-8H,9-12H2,1-4H3,(H,20,23)(H2,19,21,22);1H. The molecule has 0 aliphatic heterocycles. The SMILES string of the molecule is CN=C(NCCNC(=O)C(C)(C)C)NCCc1ccccc1F.I. The van der Waals surface area contributed by atoms with E-state index in [1.807, 2.05) is 26.8 Å². The van der Waals surface area contributed by atoms with Gasteiger partial charge in [-0.2, -0.15) is 0 Å². The van der Waals surface area contributed by atoms with Crippen LogP contribution in [0.1, 0.15) is 26.3 Å². The summed E-state index contributed by atoms with van der Waals surface area (Å²) >= 11 is 0. The van der Waals surface area contributed by atoms with Crippen LogP contribution in [0.2, 0.25) is 0 Å². The van der Waals surface area contributed by atoms with Crippen LogP contribution in [0.25, 0.3) is 0 Å². The smallest absolute Gasteiger partial charge is 0.225 e. The number of amides is 1. The maximum absolute atomic E-state index is 13.5. The van der Waals surface area contributed by atoms with Crippen molar-refractivity contribution in [3.63, 3.8) is 0 Å². The molecule has 0 spiro atoms. The van der Waals surface area contributed by atoms with Gasteiger partial charge in [-0.15, -0.1) is 24.0 Å². The lowest BCUT2D eigenvalue weighted by Crippen LogP contribution is -2.43. The number of nitrogens with one attached hydrogen (secondary N) is 3. The summed E-state index contributed by atoms with van der Waals surface area (Å²) in [5.41, 5.74) is 0.285. The highest BCUT2D eigenvalue weighted by Crippen LogP contribution is 2.11. The molecule has 0 saturated carbocycles. The molecule has 5 nitrogen and oxygen atoms in total. The van der Waals surface area contributed by atoms with E-state index in [0.717, 1.165) is 0 Å². The number of benzene rings is 1. The van der Waals surface area contributed by atoms with Gasteiger partial charge in [-0.25, -0.2) is 4.39 Å². The van der Waals surface area contributed by atoms with Crippen molar-refractivity contribution in [3.05, 3.63) is 35.6 Å². The first kappa shape index (κ1) is 22.6. The molecular formula is C17H28FIN4O. The van der Waals surface area contributed by atoms with Gasteiger partial charge in [0.15, 0.2) is 5.96 Å². The van der Waals surface area contributed by atoms with Gasteiger partial charge in [0.25, 0.3) is 0 Å². The maximum atomic E-state index is 13.5. The molecule has 7 heteroatoms. The molecule has 1 rings (SSSR count). The summed E-state index contributed by atoms with van der Waals surface area (Å²) in [5.74, 6) is 0.454. The molecule has 0 heterocycles. The maximum Gasteiger partial charge on any atom is 0.225 e. The van der Waals surface area contributed by atoms with Gasteiger partial charge in [0.05, 0.1) is 0 Å². The van der Waals surface area contributed by atoms with Gasteiger partial charge in [0, 0.05) is 32.1 Å². The largest absolute Gasteiger partial charge is 0.356 e. The van der Waals surface area contributed by atoms with Crippen molar-refractivity contribution in [1.29, 1.82) is 0 Å². The van der Waals surface area contributed by atoms with Gasteiger partial charge >= 0.3 is 0 Å². The number of hydrogen-bond donors (Lipinski definition) is 3. The Morgan fingerprint density at radius 2 is 1.67 bits per heavy atom. The van der Waals surface area contributed by atoms with E-state index in [9.17, 15) is 9.18 Å². The zero-order chi connectivity index (χ0) is 17.3. The number of rotatable bonds is 6. The van der Waals surface area contributed by atoms with Crippen molar-refractivity contribution in [1.82, 2.24) is 16.0 Å². The average Bonchev–Trinajstić information content (AvgIpc) is 2.50. The van der Waals surface area contributed by atoms with E-state index in [1.165, 1.54) is 6.07 Å². The highest BCUT2D eigenvalue weighted by Gasteiger charge is 2.20. The summed E-state index contributed by atoms with van der Waals surface area (Å²) in [5, 5.41) is 9.09. The summed E-state index contributed by atoms with van der Waals surface area (Å²) in [6.07, 6.45) is 0.578. The topological polar surface area (TPSA) is 65.5 Å². The summed E-state index contributed by atoms with van der Waals surface area (Å²) in [7, 11) is 1.67. The third kappa shape index (κ3) is 8.47. The van der Waals surface area contributed by atoms with Crippen LogP contribution in [-0.2, 0) is 11.2 Å². The summed E-state index contributed by atoms with van der Waals surface area (Å²) in [6, 6.07) is 6.73. The third-order valence-electron chi connectivity index (χ3n) is 3.25. The predicted molar refractivity (Wildman–Crippen MR) is 107 cm³/mol. The summed E-state index contributed by atoms with van der Waals surface area (Å²) in [6.45, 7) is 7.29. The van der Waals surface area contributed by atoms with Crippen LogP contribution >= 0.6 is 24.0 Å². The fourth-order valence-electron chi connectivity index (χ4n) is 1.86. The Morgan fingerprint density at radius 3 is 2.25 bits per heavy atom. The Bertz CT molecular complexity index is 544. The lowest BCUT2D eigenvalue weighted by Gasteiger charge is -2.18. The lowest BCUT2D eigenvalue weighted by molar-refractivity contribution is -0.128. The summed E-state index contributed by atoms with van der Waals surface area (Å²) in [4.78, 5) is 15.8. The molecule has 0 fully saturated rings. The molecule has 0 aromatic heterocycles. The second-order valence-electron chi connectivity index (χ2n) is 6.27. The van der Waals surface area contributed by atoms with Crippen molar-refractivity contribution >= 4 is 35.8 Å². The Labute approximate surface area is 160 Å². The number of carbonyl (C=O) groups excluding carboxylic acids is 1. The molecule has 136 valence electrons. The van der Waals surface area contributed by atoms with E-state index in [-0.39, 0.29) is 41.1 Å². The second kappa shape index (κ2) is 11.2. The van der Waals surface area contributed by atoms with E-state index in [0.29, 0.717) is 37.6 Å². The van der Waals surface area contributed by atoms with Crippen LogP contribution in [0.4, 0.5) is 4.39 Å². The zero-order valence-electron chi connectivity index (χ0n) is 14.8. The molecule has 0 radical (unpaired) electrons. The Balaban J connectivity index is 0.00000529. The molecule has 1 amide bonds. The normalized spacial score (nSPS) is 11.5. The third-order valence-corrected chi connectivity index (χ3v) is 3.25. The molecule has 0 aliphatic rings. The number of halogens is 2. The molecular weight excluding hydrogens is 422 g/mol. The molecule has 1 aromatic rings. The first-order valence-corrected chi connectivity index (χ1v) is 7.81. The van der Waals surface area contributed by atoms with Gasteiger partial charge in [0.2, 0.25) is 5.91 Å². The molecule has 0 atom stereocenters. The van der Waals surface area contributed by atoms with Crippen molar-refractivity contribution < 1.29 is 9.18 Å². The predicted octanol–water partition coefficient (Wildman–Crippen LogP) is 2.31. The number of nitrogens with zero attached hydrogens (tertiary/aromatic N) is 1. The fraction of sp³-hybridized carbons (Fsp3) is 0.529. The first-order valence-electron chi connectivity index (χ1n) is 7.81. The quantitative estimate of drug-likeness (QED) is 0.270.